The molecule has 1 N–H and O–H groups in total. The SMILES string of the molecule is CCC(Oc1ccc(C)cc1C)C(=O)NC(C)c1cc(C(C)C)c(OC)cc1C. The molecule has 0 aliphatic rings. The first-order valence-electron chi connectivity index (χ1n) is 10.4. The Morgan fingerprint density at radius 3 is 2.21 bits per heavy atom. The Morgan fingerprint density at radius 1 is 0.966 bits per heavy atom. The lowest BCUT2D eigenvalue weighted by atomic mass is 9.93. The van der Waals surface area contributed by atoms with Gasteiger partial charge in [-0.3, -0.25) is 4.79 Å². The Labute approximate surface area is 175 Å². The van der Waals surface area contributed by atoms with Gasteiger partial charge < -0.3 is 14.8 Å². The van der Waals surface area contributed by atoms with Crippen LogP contribution in [0.2, 0.25) is 0 Å². The number of carbonyl (C=O) groups is 1. The molecule has 29 heavy (non-hydrogen) atoms. The van der Waals surface area contributed by atoms with Crippen LogP contribution in [0.3, 0.4) is 0 Å². The molecule has 0 fully saturated rings. The van der Waals surface area contributed by atoms with E-state index in [0.29, 0.717) is 12.3 Å². The molecule has 0 aliphatic carbocycles. The summed E-state index contributed by atoms with van der Waals surface area (Å²) in [6, 6.07) is 10.1. The standard InChI is InChI=1S/C25H35NO3/c1-9-22(29-23-11-10-16(4)12-18(23)6)25(27)26-19(7)21-14-20(15(2)3)24(28-8)13-17(21)5/h10-15,19,22H,9H2,1-8H3,(H,26,27). The van der Waals surface area contributed by atoms with Crippen molar-refractivity contribution in [1.29, 1.82) is 0 Å². The van der Waals surface area contributed by atoms with Crippen molar-refractivity contribution in [2.75, 3.05) is 7.11 Å². The minimum Gasteiger partial charge on any atom is -0.496 e. The maximum absolute atomic E-state index is 12.9. The first kappa shape index (κ1) is 22.8. The van der Waals surface area contributed by atoms with Gasteiger partial charge in [-0.05, 0) is 80.5 Å². The molecule has 1 amide bonds. The normalized spacial score (nSPS) is 13.1. The van der Waals surface area contributed by atoms with Crippen LogP contribution in [0.25, 0.3) is 0 Å². The highest BCUT2D eigenvalue weighted by Gasteiger charge is 2.23. The summed E-state index contributed by atoms with van der Waals surface area (Å²) in [5, 5.41) is 3.14. The van der Waals surface area contributed by atoms with Gasteiger partial charge in [0, 0.05) is 0 Å². The van der Waals surface area contributed by atoms with E-state index < -0.39 is 6.10 Å². The predicted molar refractivity (Wildman–Crippen MR) is 119 cm³/mol. The Balaban J connectivity index is 2.19. The number of hydrogen-bond donors (Lipinski definition) is 1. The van der Waals surface area contributed by atoms with E-state index in [1.165, 1.54) is 5.56 Å². The van der Waals surface area contributed by atoms with Gasteiger partial charge in [-0.2, -0.15) is 0 Å². The van der Waals surface area contributed by atoms with Crippen molar-refractivity contribution in [2.24, 2.45) is 0 Å². The van der Waals surface area contributed by atoms with E-state index >= 15 is 0 Å². The summed E-state index contributed by atoms with van der Waals surface area (Å²) in [6.45, 7) is 14.4. The van der Waals surface area contributed by atoms with Gasteiger partial charge in [0.05, 0.1) is 13.2 Å². The van der Waals surface area contributed by atoms with Crippen LogP contribution in [0.5, 0.6) is 11.5 Å². The number of hydrogen-bond acceptors (Lipinski definition) is 3. The van der Waals surface area contributed by atoms with Gasteiger partial charge in [0.2, 0.25) is 0 Å². The molecular formula is C25H35NO3. The van der Waals surface area contributed by atoms with Gasteiger partial charge in [0.15, 0.2) is 6.10 Å². The highest BCUT2D eigenvalue weighted by Crippen LogP contribution is 2.32. The van der Waals surface area contributed by atoms with Crippen LogP contribution in [0.1, 0.15) is 73.9 Å². The molecule has 2 rings (SSSR count). The number of carbonyl (C=O) groups excluding carboxylic acids is 1. The van der Waals surface area contributed by atoms with Crippen molar-refractivity contribution in [3.05, 3.63) is 58.1 Å². The summed E-state index contributed by atoms with van der Waals surface area (Å²) < 4.78 is 11.6. The molecule has 0 heterocycles. The molecule has 0 aromatic heterocycles. The van der Waals surface area contributed by atoms with Crippen molar-refractivity contribution in [2.45, 2.75) is 73.0 Å². The zero-order valence-electron chi connectivity index (χ0n) is 19.1. The molecule has 2 aromatic carbocycles. The third-order valence-electron chi connectivity index (χ3n) is 5.33. The first-order chi connectivity index (χ1) is 13.7. The summed E-state index contributed by atoms with van der Waals surface area (Å²) in [6.07, 6.45) is 0.0759. The number of amides is 1. The average molecular weight is 398 g/mol. The number of aryl methyl sites for hydroxylation is 3. The minimum atomic E-state index is -0.526. The number of methoxy groups -OCH3 is 1. The lowest BCUT2D eigenvalue weighted by Crippen LogP contribution is -2.39. The van der Waals surface area contributed by atoms with E-state index in [9.17, 15) is 4.79 Å². The van der Waals surface area contributed by atoms with Crippen molar-refractivity contribution in [1.82, 2.24) is 5.32 Å². The first-order valence-corrected chi connectivity index (χ1v) is 10.4. The molecule has 0 saturated heterocycles. The lowest BCUT2D eigenvalue weighted by Gasteiger charge is -2.24. The zero-order valence-corrected chi connectivity index (χ0v) is 19.1. The Hall–Kier alpha value is -2.49. The van der Waals surface area contributed by atoms with Crippen LogP contribution in [-0.2, 0) is 4.79 Å². The summed E-state index contributed by atoms with van der Waals surface area (Å²) in [7, 11) is 1.70. The molecule has 0 aliphatic heterocycles. The molecule has 0 spiro atoms. The predicted octanol–water partition coefficient (Wildman–Crippen LogP) is 5.78. The third kappa shape index (κ3) is 5.53. The largest absolute Gasteiger partial charge is 0.496 e. The molecule has 0 radical (unpaired) electrons. The topological polar surface area (TPSA) is 47.6 Å². The monoisotopic (exact) mass is 397 g/mol. The molecule has 4 nitrogen and oxygen atoms in total. The van der Waals surface area contributed by atoms with Crippen LogP contribution >= 0.6 is 0 Å². The quantitative estimate of drug-likeness (QED) is 0.614. The van der Waals surface area contributed by atoms with Crippen LogP contribution < -0.4 is 14.8 Å². The van der Waals surface area contributed by atoms with E-state index in [2.05, 4.69) is 37.4 Å². The fourth-order valence-corrected chi connectivity index (χ4v) is 3.60. The van der Waals surface area contributed by atoms with Gasteiger partial charge in [-0.25, -0.2) is 0 Å². The lowest BCUT2D eigenvalue weighted by molar-refractivity contribution is -0.128. The van der Waals surface area contributed by atoms with Crippen LogP contribution in [-0.4, -0.2) is 19.1 Å². The zero-order chi connectivity index (χ0) is 21.7. The summed E-state index contributed by atoms with van der Waals surface area (Å²) in [5.74, 6) is 1.89. The van der Waals surface area contributed by atoms with E-state index in [0.717, 1.165) is 33.8 Å². The molecule has 2 aromatic rings. The Kier molecular flexibility index (Phi) is 7.72. The summed E-state index contributed by atoms with van der Waals surface area (Å²) >= 11 is 0. The van der Waals surface area contributed by atoms with Gasteiger partial charge in [-0.1, -0.05) is 38.5 Å². The fourth-order valence-electron chi connectivity index (χ4n) is 3.60. The van der Waals surface area contributed by atoms with Crippen LogP contribution in [0.15, 0.2) is 30.3 Å². The maximum atomic E-state index is 12.9. The van der Waals surface area contributed by atoms with Crippen LogP contribution in [0.4, 0.5) is 0 Å². The number of rotatable bonds is 8. The van der Waals surface area contributed by atoms with Gasteiger partial charge in [0.1, 0.15) is 11.5 Å². The van der Waals surface area contributed by atoms with E-state index in [-0.39, 0.29) is 11.9 Å². The smallest absolute Gasteiger partial charge is 0.261 e. The maximum Gasteiger partial charge on any atom is 0.261 e. The molecule has 0 bridgehead atoms. The Morgan fingerprint density at radius 2 is 1.66 bits per heavy atom. The average Bonchev–Trinajstić information content (AvgIpc) is 2.66. The second-order valence-corrected chi connectivity index (χ2v) is 8.12. The second-order valence-electron chi connectivity index (χ2n) is 8.12. The molecule has 4 heteroatoms. The fraction of sp³-hybridized carbons (Fsp3) is 0.480. The third-order valence-corrected chi connectivity index (χ3v) is 5.33. The van der Waals surface area contributed by atoms with Crippen LogP contribution in [0, 0.1) is 20.8 Å². The van der Waals surface area contributed by atoms with E-state index in [1.807, 2.05) is 46.8 Å². The molecule has 2 atom stereocenters. The van der Waals surface area contributed by atoms with Crippen molar-refractivity contribution in [3.8, 4) is 11.5 Å². The molecule has 2 unspecified atom stereocenters. The van der Waals surface area contributed by atoms with Gasteiger partial charge in [0.25, 0.3) is 5.91 Å². The number of nitrogens with one attached hydrogen (secondary N) is 1. The van der Waals surface area contributed by atoms with Crippen molar-refractivity contribution in [3.63, 3.8) is 0 Å². The van der Waals surface area contributed by atoms with Gasteiger partial charge in [-0.15, -0.1) is 0 Å². The highest BCUT2D eigenvalue weighted by molar-refractivity contribution is 5.81. The molecule has 0 saturated carbocycles. The second kappa shape index (κ2) is 9.82. The van der Waals surface area contributed by atoms with E-state index in [1.54, 1.807) is 7.11 Å². The Bertz CT molecular complexity index is 857. The van der Waals surface area contributed by atoms with Crippen molar-refractivity contribution >= 4 is 5.91 Å². The molecule has 158 valence electrons. The highest BCUT2D eigenvalue weighted by atomic mass is 16.5. The van der Waals surface area contributed by atoms with Crippen molar-refractivity contribution < 1.29 is 14.3 Å². The minimum absolute atomic E-state index is 0.0960. The number of ether oxygens (including phenoxy) is 2. The summed E-state index contributed by atoms with van der Waals surface area (Å²) in [4.78, 5) is 12.9. The molecular weight excluding hydrogens is 362 g/mol. The summed E-state index contributed by atoms with van der Waals surface area (Å²) in [5.41, 5.74) is 5.56. The number of benzene rings is 2. The van der Waals surface area contributed by atoms with Gasteiger partial charge >= 0.3 is 0 Å². The van der Waals surface area contributed by atoms with E-state index in [4.69, 9.17) is 9.47 Å².